The molecule has 6 heteroatoms. The van der Waals surface area contributed by atoms with Crippen LogP contribution in [0.15, 0.2) is 36.4 Å². The summed E-state index contributed by atoms with van der Waals surface area (Å²) in [6, 6.07) is 5.26. The molecule has 0 bridgehead atoms. The Morgan fingerprint density at radius 2 is 1.94 bits per heavy atom. The highest BCUT2D eigenvalue weighted by Crippen LogP contribution is 2.12. The molecule has 0 aliphatic heterocycles. The van der Waals surface area contributed by atoms with Gasteiger partial charge in [-0.15, -0.1) is 0 Å². The maximum Gasteiger partial charge on any atom is 0.302 e. The SMILES string of the molecule is CC(=O)OC/C=C/C(=O)c1ccc([N+](=O)[O-])cc1. The van der Waals surface area contributed by atoms with Gasteiger partial charge in [0.25, 0.3) is 5.69 Å². The molecule has 0 unspecified atom stereocenters. The van der Waals surface area contributed by atoms with Gasteiger partial charge >= 0.3 is 5.97 Å². The van der Waals surface area contributed by atoms with E-state index in [1.165, 1.54) is 43.3 Å². The number of nitro groups is 1. The Labute approximate surface area is 103 Å². The van der Waals surface area contributed by atoms with Crippen LogP contribution in [0.3, 0.4) is 0 Å². The van der Waals surface area contributed by atoms with Crippen molar-refractivity contribution in [2.75, 3.05) is 6.61 Å². The van der Waals surface area contributed by atoms with E-state index in [-0.39, 0.29) is 18.1 Å². The van der Waals surface area contributed by atoms with Gasteiger partial charge in [0, 0.05) is 24.6 Å². The van der Waals surface area contributed by atoms with E-state index < -0.39 is 10.9 Å². The quantitative estimate of drug-likeness (QED) is 0.261. The smallest absolute Gasteiger partial charge is 0.302 e. The van der Waals surface area contributed by atoms with E-state index >= 15 is 0 Å². The molecule has 0 N–H and O–H groups in total. The molecular formula is C12H11NO5. The summed E-state index contributed by atoms with van der Waals surface area (Å²) >= 11 is 0. The first-order valence-corrected chi connectivity index (χ1v) is 5.09. The molecule has 0 aromatic heterocycles. The summed E-state index contributed by atoms with van der Waals surface area (Å²) in [6.45, 7) is 1.29. The van der Waals surface area contributed by atoms with E-state index in [1.54, 1.807) is 0 Å². The van der Waals surface area contributed by atoms with Crippen LogP contribution in [0.25, 0.3) is 0 Å². The molecule has 0 fully saturated rings. The number of esters is 1. The molecule has 0 saturated carbocycles. The summed E-state index contributed by atoms with van der Waals surface area (Å²) in [7, 11) is 0. The average Bonchev–Trinajstić information content (AvgIpc) is 2.34. The lowest BCUT2D eigenvalue weighted by atomic mass is 10.1. The van der Waals surface area contributed by atoms with Gasteiger partial charge in [0.2, 0.25) is 0 Å². The van der Waals surface area contributed by atoms with Crippen LogP contribution >= 0.6 is 0 Å². The van der Waals surface area contributed by atoms with Crippen LogP contribution < -0.4 is 0 Å². The average molecular weight is 249 g/mol. The number of hydrogen-bond acceptors (Lipinski definition) is 5. The van der Waals surface area contributed by atoms with Crippen LogP contribution in [-0.4, -0.2) is 23.3 Å². The van der Waals surface area contributed by atoms with Gasteiger partial charge in [-0.1, -0.05) is 0 Å². The minimum Gasteiger partial charge on any atom is -0.462 e. The lowest BCUT2D eigenvalue weighted by Gasteiger charge is -1.96. The second kappa shape index (κ2) is 6.29. The molecule has 0 atom stereocenters. The molecule has 0 saturated heterocycles. The third-order valence-corrected chi connectivity index (χ3v) is 2.01. The zero-order valence-corrected chi connectivity index (χ0v) is 9.66. The number of allylic oxidation sites excluding steroid dienone is 1. The minimum atomic E-state index is -0.537. The third-order valence-electron chi connectivity index (χ3n) is 2.01. The zero-order valence-electron chi connectivity index (χ0n) is 9.66. The van der Waals surface area contributed by atoms with Crippen molar-refractivity contribution in [1.82, 2.24) is 0 Å². The number of rotatable bonds is 5. The fourth-order valence-corrected chi connectivity index (χ4v) is 1.16. The number of ether oxygens (including phenoxy) is 1. The van der Waals surface area contributed by atoms with E-state index in [2.05, 4.69) is 4.74 Å². The number of nitro benzene ring substituents is 1. The van der Waals surface area contributed by atoms with Crippen LogP contribution in [-0.2, 0) is 9.53 Å². The molecule has 18 heavy (non-hydrogen) atoms. The van der Waals surface area contributed by atoms with E-state index in [0.29, 0.717) is 5.56 Å². The number of carbonyl (C=O) groups is 2. The third kappa shape index (κ3) is 4.17. The molecule has 0 heterocycles. The second-order valence-electron chi connectivity index (χ2n) is 3.37. The monoisotopic (exact) mass is 249 g/mol. The van der Waals surface area contributed by atoms with Crippen molar-refractivity contribution in [3.8, 4) is 0 Å². The standard InChI is InChI=1S/C12H11NO5/c1-9(14)18-8-2-3-12(15)10-4-6-11(7-5-10)13(16)17/h2-7H,8H2,1H3/b3-2+. The summed E-state index contributed by atoms with van der Waals surface area (Å²) in [6.07, 6.45) is 2.66. The summed E-state index contributed by atoms with van der Waals surface area (Å²) < 4.78 is 4.61. The first-order valence-electron chi connectivity index (χ1n) is 5.09. The Morgan fingerprint density at radius 3 is 2.44 bits per heavy atom. The first kappa shape index (κ1) is 13.6. The van der Waals surface area contributed by atoms with Gasteiger partial charge in [0.1, 0.15) is 6.61 Å². The summed E-state index contributed by atoms with van der Waals surface area (Å²) in [5, 5.41) is 10.4. The molecule has 1 aromatic carbocycles. The van der Waals surface area contributed by atoms with E-state index in [1.807, 2.05) is 0 Å². The van der Waals surface area contributed by atoms with Crippen molar-refractivity contribution in [2.45, 2.75) is 6.92 Å². The highest BCUT2D eigenvalue weighted by Gasteiger charge is 2.06. The Hall–Kier alpha value is -2.50. The van der Waals surface area contributed by atoms with Gasteiger partial charge in [-0.3, -0.25) is 19.7 Å². The van der Waals surface area contributed by atoms with Crippen LogP contribution in [0.1, 0.15) is 17.3 Å². The van der Waals surface area contributed by atoms with Gasteiger partial charge in [-0.05, 0) is 24.3 Å². The van der Waals surface area contributed by atoms with Gasteiger partial charge < -0.3 is 4.74 Å². The van der Waals surface area contributed by atoms with Gasteiger partial charge in [-0.25, -0.2) is 0 Å². The van der Waals surface area contributed by atoms with E-state index in [0.717, 1.165) is 0 Å². The first-order chi connectivity index (χ1) is 8.50. The zero-order chi connectivity index (χ0) is 13.5. The lowest BCUT2D eigenvalue weighted by Crippen LogP contribution is -1.99. The molecule has 1 rings (SSSR count). The number of non-ortho nitro benzene ring substituents is 1. The summed E-state index contributed by atoms with van der Waals surface area (Å²) in [5.41, 5.74) is 0.259. The Kier molecular flexibility index (Phi) is 4.74. The highest BCUT2D eigenvalue weighted by atomic mass is 16.6. The van der Waals surface area contributed by atoms with Gasteiger partial charge in [-0.2, -0.15) is 0 Å². The fraction of sp³-hybridized carbons (Fsp3) is 0.167. The van der Waals surface area contributed by atoms with Crippen molar-refractivity contribution in [2.24, 2.45) is 0 Å². The second-order valence-corrected chi connectivity index (χ2v) is 3.37. The Balaban J connectivity index is 2.61. The fourth-order valence-electron chi connectivity index (χ4n) is 1.16. The normalized spacial score (nSPS) is 10.3. The maximum absolute atomic E-state index is 11.6. The lowest BCUT2D eigenvalue weighted by molar-refractivity contribution is -0.384. The van der Waals surface area contributed by atoms with Crippen LogP contribution in [0.4, 0.5) is 5.69 Å². The molecular weight excluding hydrogens is 238 g/mol. The number of hydrogen-bond donors (Lipinski definition) is 0. The largest absolute Gasteiger partial charge is 0.462 e. The van der Waals surface area contributed by atoms with Gasteiger partial charge in [0.15, 0.2) is 5.78 Å². The number of nitrogens with zero attached hydrogens (tertiary/aromatic N) is 1. The topological polar surface area (TPSA) is 86.5 Å². The summed E-state index contributed by atoms with van der Waals surface area (Å²) in [5.74, 6) is -0.737. The van der Waals surface area contributed by atoms with E-state index in [9.17, 15) is 19.7 Å². The predicted molar refractivity (Wildman–Crippen MR) is 63.2 cm³/mol. The summed E-state index contributed by atoms with van der Waals surface area (Å²) in [4.78, 5) is 31.9. The van der Waals surface area contributed by atoms with Crippen molar-refractivity contribution in [1.29, 1.82) is 0 Å². The molecule has 0 spiro atoms. The van der Waals surface area contributed by atoms with Crippen LogP contribution in [0, 0.1) is 10.1 Å². The van der Waals surface area contributed by atoms with Gasteiger partial charge in [0.05, 0.1) is 4.92 Å². The molecule has 94 valence electrons. The van der Waals surface area contributed by atoms with Crippen molar-refractivity contribution in [3.63, 3.8) is 0 Å². The van der Waals surface area contributed by atoms with E-state index in [4.69, 9.17) is 0 Å². The minimum absolute atomic E-state index is 0.0219. The molecule has 0 aliphatic rings. The number of benzene rings is 1. The maximum atomic E-state index is 11.6. The van der Waals surface area contributed by atoms with Crippen molar-refractivity contribution < 1.29 is 19.2 Å². The van der Waals surface area contributed by atoms with Crippen LogP contribution in [0.5, 0.6) is 0 Å². The molecule has 6 nitrogen and oxygen atoms in total. The highest BCUT2D eigenvalue weighted by molar-refractivity contribution is 6.04. The molecule has 0 aliphatic carbocycles. The Morgan fingerprint density at radius 1 is 1.33 bits per heavy atom. The molecule has 0 amide bonds. The molecule has 0 radical (unpaired) electrons. The van der Waals surface area contributed by atoms with Crippen molar-refractivity contribution in [3.05, 3.63) is 52.1 Å². The number of carbonyl (C=O) groups excluding carboxylic acids is 2. The molecule has 1 aromatic rings. The number of ketones is 1. The predicted octanol–water partition coefficient (Wildman–Crippen LogP) is 1.90. The van der Waals surface area contributed by atoms with Crippen LogP contribution in [0.2, 0.25) is 0 Å². The Bertz CT molecular complexity index is 490. The van der Waals surface area contributed by atoms with Crippen molar-refractivity contribution >= 4 is 17.4 Å².